The van der Waals surface area contributed by atoms with Gasteiger partial charge in [0, 0.05) is 0 Å². The molecule has 0 saturated carbocycles. The molecule has 0 aromatic heterocycles. The van der Waals surface area contributed by atoms with Gasteiger partial charge in [-0.05, 0) is 38.5 Å². The molecule has 1 saturated heterocycles. The molecule has 7 N–H and O–H groups in total. The summed E-state index contributed by atoms with van der Waals surface area (Å²) < 4.78 is 47.6. The summed E-state index contributed by atoms with van der Waals surface area (Å²) in [5, 5.41) is 55.4. The standard InChI is InChI=1S/C48H93NO12S/c1-3-5-7-9-11-13-15-17-18-19-20-21-22-23-24-25-27-29-31-33-35-37-42(52)47(55)49-40(41(51)36-34-32-30-28-26-16-14-12-10-8-6-4-2)39-59-48-45(54)46(61-62(56,57)58)44(53)43(38-50)60-48/h22-23,40-46,48,50-54H,3-21,24-39H2,1-2H3,(H,49,55)(H,56,57,58)/b23-22-. The third-order valence-corrected chi connectivity index (χ3v) is 12.6. The summed E-state index contributed by atoms with van der Waals surface area (Å²) in [6.45, 7) is 3.28. The molecule has 1 rings (SSSR count). The van der Waals surface area contributed by atoms with E-state index in [1.807, 2.05) is 0 Å². The SMILES string of the molecule is CCCCCCCCCCCCC/C=C\CCCCCCCCC(O)C(=O)NC(COC1OC(CO)C(O)C(OS(=O)(=O)O)C1O)C(O)CCCCCCCCCCCCCC. The third-order valence-electron chi connectivity index (χ3n) is 12.2. The van der Waals surface area contributed by atoms with Crippen LogP contribution < -0.4 is 5.32 Å². The van der Waals surface area contributed by atoms with Crippen molar-refractivity contribution >= 4 is 16.3 Å². The largest absolute Gasteiger partial charge is 0.397 e. The number of allylic oxidation sites excluding steroid dienone is 2. The van der Waals surface area contributed by atoms with Gasteiger partial charge < -0.3 is 40.3 Å². The number of unbranched alkanes of at least 4 members (excludes halogenated alkanes) is 28. The van der Waals surface area contributed by atoms with Crippen LogP contribution >= 0.6 is 0 Å². The number of nitrogens with one attached hydrogen (secondary N) is 1. The molecule has 8 atom stereocenters. The van der Waals surface area contributed by atoms with E-state index in [1.165, 1.54) is 128 Å². The van der Waals surface area contributed by atoms with Gasteiger partial charge in [0.25, 0.3) is 0 Å². The smallest absolute Gasteiger partial charge is 0.394 e. The van der Waals surface area contributed by atoms with Gasteiger partial charge in [-0.25, -0.2) is 4.18 Å². The molecule has 8 unspecified atom stereocenters. The number of hydrogen-bond donors (Lipinski definition) is 7. The van der Waals surface area contributed by atoms with Crippen LogP contribution in [0.25, 0.3) is 0 Å². The minimum atomic E-state index is -5.11. The molecule has 1 aliphatic heterocycles. The molecule has 14 heteroatoms. The fraction of sp³-hybridized carbons (Fsp3) is 0.938. The van der Waals surface area contributed by atoms with Gasteiger partial charge in [-0.1, -0.05) is 199 Å². The number of aliphatic hydroxyl groups excluding tert-OH is 5. The van der Waals surface area contributed by atoms with E-state index < -0.39 is 78.5 Å². The summed E-state index contributed by atoms with van der Waals surface area (Å²) in [6.07, 6.45) is 31.1. The van der Waals surface area contributed by atoms with Crippen molar-refractivity contribution in [1.82, 2.24) is 5.32 Å². The quantitative estimate of drug-likeness (QED) is 0.0173. The van der Waals surface area contributed by atoms with Crippen LogP contribution in [0.4, 0.5) is 0 Å². The number of rotatable bonds is 43. The normalized spacial score (nSPS) is 21.1. The molecule has 0 spiro atoms. The van der Waals surface area contributed by atoms with Gasteiger partial charge in [0.1, 0.15) is 30.5 Å². The minimum Gasteiger partial charge on any atom is -0.394 e. The molecule has 1 fully saturated rings. The van der Waals surface area contributed by atoms with E-state index in [0.717, 1.165) is 57.8 Å². The third kappa shape index (κ3) is 30.8. The average Bonchev–Trinajstić information content (AvgIpc) is 3.24. The van der Waals surface area contributed by atoms with Gasteiger partial charge in [0.15, 0.2) is 6.29 Å². The van der Waals surface area contributed by atoms with Crippen molar-refractivity contribution in [2.24, 2.45) is 0 Å². The highest BCUT2D eigenvalue weighted by molar-refractivity contribution is 7.80. The molecule has 0 aromatic carbocycles. The van der Waals surface area contributed by atoms with Crippen LogP contribution in [-0.4, -0.2) is 107 Å². The number of amides is 1. The zero-order valence-corrected chi connectivity index (χ0v) is 39.9. The first-order valence-corrected chi connectivity index (χ1v) is 26.5. The Kier molecular flexibility index (Phi) is 37.0. The maximum atomic E-state index is 13.1. The van der Waals surface area contributed by atoms with E-state index in [4.69, 9.17) is 9.47 Å². The van der Waals surface area contributed by atoms with Gasteiger partial charge in [-0.2, -0.15) is 8.42 Å². The lowest BCUT2D eigenvalue weighted by Gasteiger charge is -2.41. The summed E-state index contributed by atoms with van der Waals surface area (Å²) in [6, 6.07) is -1.03. The minimum absolute atomic E-state index is 0.255. The van der Waals surface area contributed by atoms with Crippen molar-refractivity contribution < 1.29 is 57.0 Å². The van der Waals surface area contributed by atoms with Crippen molar-refractivity contribution in [2.75, 3.05) is 13.2 Å². The Labute approximate surface area is 377 Å². The summed E-state index contributed by atoms with van der Waals surface area (Å²) in [4.78, 5) is 13.1. The fourth-order valence-electron chi connectivity index (χ4n) is 8.17. The van der Waals surface area contributed by atoms with E-state index in [0.29, 0.717) is 19.3 Å². The van der Waals surface area contributed by atoms with Crippen LogP contribution in [0.3, 0.4) is 0 Å². The molecule has 62 heavy (non-hydrogen) atoms. The van der Waals surface area contributed by atoms with Gasteiger partial charge in [0.2, 0.25) is 5.91 Å². The van der Waals surface area contributed by atoms with Gasteiger partial charge >= 0.3 is 10.4 Å². The Bertz CT molecular complexity index is 1180. The Balaban J connectivity index is 2.46. The monoisotopic (exact) mass is 908 g/mol. The lowest BCUT2D eigenvalue weighted by Crippen LogP contribution is -2.61. The number of carbonyl (C=O) groups is 1. The molecule has 0 aromatic rings. The van der Waals surface area contributed by atoms with Crippen LogP contribution in [0.1, 0.15) is 226 Å². The maximum Gasteiger partial charge on any atom is 0.397 e. The van der Waals surface area contributed by atoms with Crippen LogP contribution in [0, 0.1) is 0 Å². The lowest BCUT2D eigenvalue weighted by atomic mass is 9.99. The molecule has 1 aliphatic rings. The molecule has 368 valence electrons. The summed E-state index contributed by atoms with van der Waals surface area (Å²) in [7, 11) is -5.11. The van der Waals surface area contributed by atoms with Crippen molar-refractivity contribution in [3.63, 3.8) is 0 Å². The van der Waals surface area contributed by atoms with E-state index >= 15 is 0 Å². The van der Waals surface area contributed by atoms with Crippen LogP contribution in [0.5, 0.6) is 0 Å². The second-order valence-electron chi connectivity index (χ2n) is 17.9. The number of aliphatic hydroxyl groups is 5. The highest BCUT2D eigenvalue weighted by atomic mass is 32.3. The van der Waals surface area contributed by atoms with Crippen LogP contribution in [0.2, 0.25) is 0 Å². The summed E-state index contributed by atoms with van der Waals surface area (Å²) in [5.74, 6) is -0.673. The molecular weight excluding hydrogens is 815 g/mol. The van der Waals surface area contributed by atoms with E-state index in [9.17, 15) is 43.3 Å². The Morgan fingerprint density at radius 3 is 1.45 bits per heavy atom. The zero-order valence-electron chi connectivity index (χ0n) is 39.1. The second-order valence-corrected chi connectivity index (χ2v) is 18.9. The molecule has 1 amide bonds. The van der Waals surface area contributed by atoms with Gasteiger partial charge in [-0.15, -0.1) is 0 Å². The van der Waals surface area contributed by atoms with Crippen LogP contribution in [0.15, 0.2) is 12.2 Å². The first kappa shape index (κ1) is 58.8. The highest BCUT2D eigenvalue weighted by Gasteiger charge is 2.48. The Morgan fingerprint density at radius 2 is 1.03 bits per heavy atom. The average molecular weight is 908 g/mol. The van der Waals surface area contributed by atoms with Gasteiger partial charge in [-0.3, -0.25) is 9.35 Å². The van der Waals surface area contributed by atoms with E-state index in [-0.39, 0.29) is 6.42 Å². The van der Waals surface area contributed by atoms with E-state index in [2.05, 4.69) is 35.5 Å². The number of carbonyl (C=O) groups excluding carboxylic acids is 1. The zero-order chi connectivity index (χ0) is 45.7. The topological polar surface area (TPSA) is 212 Å². The van der Waals surface area contributed by atoms with Crippen molar-refractivity contribution in [3.05, 3.63) is 12.2 Å². The van der Waals surface area contributed by atoms with Gasteiger partial charge in [0.05, 0.1) is 25.4 Å². The highest BCUT2D eigenvalue weighted by Crippen LogP contribution is 2.26. The summed E-state index contributed by atoms with van der Waals surface area (Å²) >= 11 is 0. The molecular formula is C48H93NO12S. The first-order chi connectivity index (χ1) is 29.9. The molecule has 0 radical (unpaired) electrons. The second kappa shape index (κ2) is 39.0. The lowest BCUT2D eigenvalue weighted by molar-refractivity contribution is -0.298. The molecule has 0 bridgehead atoms. The van der Waals surface area contributed by atoms with Crippen molar-refractivity contribution in [2.45, 2.75) is 275 Å². The predicted molar refractivity (Wildman–Crippen MR) is 247 cm³/mol. The predicted octanol–water partition coefficient (Wildman–Crippen LogP) is 9.31. The maximum absolute atomic E-state index is 13.1. The van der Waals surface area contributed by atoms with Crippen molar-refractivity contribution in [1.29, 1.82) is 0 Å². The number of hydrogen-bond acceptors (Lipinski definition) is 11. The van der Waals surface area contributed by atoms with Crippen LogP contribution in [-0.2, 0) is 28.9 Å². The number of ether oxygens (including phenoxy) is 2. The Morgan fingerprint density at radius 1 is 0.629 bits per heavy atom. The molecule has 13 nitrogen and oxygen atoms in total. The fourth-order valence-corrected chi connectivity index (χ4v) is 8.68. The Hall–Kier alpha value is -1.20. The molecule has 0 aliphatic carbocycles. The molecule has 1 heterocycles. The summed E-state index contributed by atoms with van der Waals surface area (Å²) in [5.41, 5.74) is 0. The first-order valence-electron chi connectivity index (χ1n) is 25.2. The van der Waals surface area contributed by atoms with Crippen molar-refractivity contribution in [3.8, 4) is 0 Å². The van der Waals surface area contributed by atoms with E-state index in [1.54, 1.807) is 0 Å².